The molecule has 2 aromatic carbocycles. The summed E-state index contributed by atoms with van der Waals surface area (Å²) in [6, 6.07) is 7.38. The van der Waals surface area contributed by atoms with E-state index in [2.05, 4.69) is 0 Å². The first-order valence-electron chi connectivity index (χ1n) is 10.5. The number of ether oxygens (including phenoxy) is 1. The fourth-order valence-electron chi connectivity index (χ4n) is 4.26. The zero-order valence-corrected chi connectivity index (χ0v) is 20.1. The van der Waals surface area contributed by atoms with E-state index in [4.69, 9.17) is 4.74 Å². The number of piperazine rings is 1. The molecule has 0 spiro atoms. The quantitative estimate of drug-likeness (QED) is 0.708. The highest BCUT2D eigenvalue weighted by Crippen LogP contribution is 2.32. The highest BCUT2D eigenvalue weighted by molar-refractivity contribution is 7.89. The summed E-state index contributed by atoms with van der Waals surface area (Å²) in [5, 5.41) is 0. The molecule has 31 heavy (non-hydrogen) atoms. The lowest BCUT2D eigenvalue weighted by Crippen LogP contribution is -2.50. The molecule has 1 amide bonds. The second kappa shape index (κ2) is 9.10. The summed E-state index contributed by atoms with van der Waals surface area (Å²) in [6.45, 7) is 11.5. The van der Waals surface area contributed by atoms with Crippen LogP contribution in [0.25, 0.3) is 0 Å². The molecule has 0 unspecified atom stereocenters. The van der Waals surface area contributed by atoms with E-state index in [0.717, 1.165) is 33.4 Å². The van der Waals surface area contributed by atoms with Crippen LogP contribution in [0.4, 0.5) is 0 Å². The van der Waals surface area contributed by atoms with E-state index in [1.807, 2.05) is 52.8 Å². The van der Waals surface area contributed by atoms with Crippen molar-refractivity contribution in [2.24, 2.45) is 0 Å². The van der Waals surface area contributed by atoms with Gasteiger partial charge in [0.1, 0.15) is 0 Å². The average Bonchev–Trinajstić information content (AvgIpc) is 2.76. The molecule has 1 fully saturated rings. The standard InChI is InChI=1S/C24H32N2O4S/c1-16-17(2)19(4)23(20(5)18(16)3)31(28,29)26-12-10-25(11-13-26)24(27)22-9-7-8-21(14-22)15-30-6/h7-9,14H,10-13,15H2,1-6H3. The van der Waals surface area contributed by atoms with Crippen LogP contribution in [0.1, 0.15) is 43.7 Å². The highest BCUT2D eigenvalue weighted by atomic mass is 32.2. The molecular weight excluding hydrogens is 412 g/mol. The minimum atomic E-state index is -3.63. The van der Waals surface area contributed by atoms with Crippen LogP contribution in [0.3, 0.4) is 0 Å². The average molecular weight is 445 g/mol. The maximum Gasteiger partial charge on any atom is 0.253 e. The fraction of sp³-hybridized carbons (Fsp3) is 0.458. The normalized spacial score (nSPS) is 15.4. The molecular formula is C24H32N2O4S. The predicted molar refractivity (Wildman–Crippen MR) is 122 cm³/mol. The second-order valence-electron chi connectivity index (χ2n) is 8.28. The molecule has 168 valence electrons. The molecule has 1 heterocycles. The van der Waals surface area contributed by atoms with Gasteiger partial charge in [0, 0.05) is 38.9 Å². The van der Waals surface area contributed by atoms with Gasteiger partial charge in [-0.3, -0.25) is 4.79 Å². The third kappa shape index (κ3) is 4.40. The third-order valence-electron chi connectivity index (χ3n) is 6.54. The highest BCUT2D eigenvalue weighted by Gasteiger charge is 2.33. The van der Waals surface area contributed by atoms with Crippen molar-refractivity contribution in [3.8, 4) is 0 Å². The first-order valence-corrected chi connectivity index (χ1v) is 12.0. The van der Waals surface area contributed by atoms with Crippen LogP contribution in [0.5, 0.6) is 0 Å². The van der Waals surface area contributed by atoms with Crippen molar-refractivity contribution in [3.63, 3.8) is 0 Å². The maximum atomic E-state index is 13.5. The number of methoxy groups -OCH3 is 1. The summed E-state index contributed by atoms with van der Waals surface area (Å²) in [6.07, 6.45) is 0. The van der Waals surface area contributed by atoms with E-state index in [-0.39, 0.29) is 19.0 Å². The van der Waals surface area contributed by atoms with E-state index in [1.54, 1.807) is 18.1 Å². The third-order valence-corrected chi connectivity index (χ3v) is 8.71. The van der Waals surface area contributed by atoms with Gasteiger partial charge in [0.15, 0.2) is 0 Å². The summed E-state index contributed by atoms with van der Waals surface area (Å²) in [7, 11) is -2.01. The smallest absolute Gasteiger partial charge is 0.253 e. The van der Waals surface area contributed by atoms with Crippen LogP contribution in [0.15, 0.2) is 29.2 Å². The van der Waals surface area contributed by atoms with E-state index in [1.165, 1.54) is 4.31 Å². The van der Waals surface area contributed by atoms with E-state index >= 15 is 0 Å². The van der Waals surface area contributed by atoms with Gasteiger partial charge in [0.05, 0.1) is 11.5 Å². The van der Waals surface area contributed by atoms with Gasteiger partial charge in [-0.1, -0.05) is 12.1 Å². The topological polar surface area (TPSA) is 66.9 Å². The SMILES string of the molecule is COCc1cccc(C(=O)N2CCN(S(=O)(=O)c3c(C)c(C)c(C)c(C)c3C)CC2)c1. The van der Waals surface area contributed by atoms with Gasteiger partial charge >= 0.3 is 0 Å². The summed E-state index contributed by atoms with van der Waals surface area (Å²) in [5.74, 6) is -0.0793. The molecule has 0 N–H and O–H groups in total. The van der Waals surface area contributed by atoms with Gasteiger partial charge in [0.2, 0.25) is 10.0 Å². The first-order chi connectivity index (χ1) is 14.6. The van der Waals surface area contributed by atoms with Crippen molar-refractivity contribution in [3.05, 3.63) is 63.2 Å². The van der Waals surface area contributed by atoms with Gasteiger partial charge in [-0.2, -0.15) is 4.31 Å². The van der Waals surface area contributed by atoms with Crippen molar-refractivity contribution in [1.29, 1.82) is 0 Å². The van der Waals surface area contributed by atoms with Crippen LogP contribution < -0.4 is 0 Å². The Morgan fingerprint density at radius 2 is 1.45 bits per heavy atom. The number of rotatable bonds is 5. The van der Waals surface area contributed by atoms with Crippen molar-refractivity contribution in [2.75, 3.05) is 33.3 Å². The number of hydrogen-bond acceptors (Lipinski definition) is 4. The number of benzene rings is 2. The lowest BCUT2D eigenvalue weighted by molar-refractivity contribution is 0.0697. The molecule has 0 aromatic heterocycles. The van der Waals surface area contributed by atoms with Crippen LogP contribution in [0.2, 0.25) is 0 Å². The van der Waals surface area contributed by atoms with E-state index < -0.39 is 10.0 Å². The Bertz CT molecular complexity index is 1070. The molecule has 7 heteroatoms. The minimum Gasteiger partial charge on any atom is -0.380 e. The lowest BCUT2D eigenvalue weighted by atomic mass is 9.95. The minimum absolute atomic E-state index is 0.0793. The maximum absolute atomic E-state index is 13.5. The molecule has 0 saturated carbocycles. The monoisotopic (exact) mass is 444 g/mol. The van der Waals surface area contributed by atoms with E-state index in [0.29, 0.717) is 30.2 Å². The zero-order valence-electron chi connectivity index (χ0n) is 19.3. The Kier molecular flexibility index (Phi) is 6.88. The fourth-order valence-corrected chi connectivity index (χ4v) is 6.24. The van der Waals surface area contributed by atoms with Crippen molar-refractivity contribution < 1.29 is 17.9 Å². The second-order valence-corrected chi connectivity index (χ2v) is 10.2. The molecule has 2 aromatic rings. The van der Waals surface area contributed by atoms with Crippen LogP contribution in [-0.2, 0) is 21.4 Å². The Labute approximate surface area is 185 Å². The number of carbonyl (C=O) groups is 1. The van der Waals surface area contributed by atoms with Crippen LogP contribution in [-0.4, -0.2) is 56.8 Å². The van der Waals surface area contributed by atoms with E-state index in [9.17, 15) is 13.2 Å². The van der Waals surface area contributed by atoms with Gasteiger partial charge < -0.3 is 9.64 Å². The summed E-state index contributed by atoms with van der Waals surface area (Å²) >= 11 is 0. The number of sulfonamides is 1. The number of amides is 1. The van der Waals surface area contributed by atoms with Gasteiger partial charge in [-0.05, 0) is 80.1 Å². The molecule has 0 bridgehead atoms. The van der Waals surface area contributed by atoms with Crippen molar-refractivity contribution in [2.45, 2.75) is 46.1 Å². The summed E-state index contributed by atoms with van der Waals surface area (Å²) < 4.78 is 33.7. The molecule has 1 saturated heterocycles. The largest absolute Gasteiger partial charge is 0.380 e. The first kappa shape index (κ1) is 23.4. The summed E-state index contributed by atoms with van der Waals surface area (Å²) in [5.41, 5.74) is 6.34. The Hall–Kier alpha value is -2.22. The van der Waals surface area contributed by atoms with Crippen LogP contribution in [0, 0.1) is 34.6 Å². The van der Waals surface area contributed by atoms with Crippen molar-refractivity contribution in [1.82, 2.24) is 9.21 Å². The molecule has 6 nitrogen and oxygen atoms in total. The van der Waals surface area contributed by atoms with Crippen LogP contribution >= 0.6 is 0 Å². The Morgan fingerprint density at radius 1 is 0.903 bits per heavy atom. The molecule has 0 atom stereocenters. The molecule has 1 aliphatic rings. The number of nitrogens with zero attached hydrogens (tertiary/aromatic N) is 2. The number of carbonyl (C=O) groups excluding carboxylic acids is 1. The van der Waals surface area contributed by atoms with Crippen molar-refractivity contribution >= 4 is 15.9 Å². The van der Waals surface area contributed by atoms with Gasteiger partial charge in [0.25, 0.3) is 5.91 Å². The molecule has 0 aliphatic carbocycles. The number of hydrogen-bond donors (Lipinski definition) is 0. The lowest BCUT2D eigenvalue weighted by Gasteiger charge is -2.35. The van der Waals surface area contributed by atoms with Gasteiger partial charge in [-0.15, -0.1) is 0 Å². The Balaban J connectivity index is 1.80. The summed E-state index contributed by atoms with van der Waals surface area (Å²) in [4.78, 5) is 15.1. The van der Waals surface area contributed by atoms with Gasteiger partial charge in [-0.25, -0.2) is 8.42 Å². The molecule has 3 rings (SSSR count). The molecule has 1 aliphatic heterocycles. The molecule has 0 radical (unpaired) electrons. The predicted octanol–water partition coefficient (Wildman–Crippen LogP) is 3.52. The Morgan fingerprint density at radius 3 is 2.00 bits per heavy atom. The zero-order chi connectivity index (χ0) is 22.9.